The molecule has 0 spiro atoms. The molecular formula is C10H10OS2. The number of aryl methyl sites for hydroxylation is 1. The van der Waals surface area contributed by atoms with Crippen molar-refractivity contribution in [1.82, 2.24) is 0 Å². The number of rotatable bonds is 1. The minimum Gasteiger partial charge on any atom is -0.392 e. The van der Waals surface area contributed by atoms with E-state index in [1.54, 1.807) is 11.3 Å². The Labute approximate surface area is 86.4 Å². The van der Waals surface area contributed by atoms with E-state index in [0.29, 0.717) is 0 Å². The Morgan fingerprint density at radius 1 is 1.46 bits per heavy atom. The van der Waals surface area contributed by atoms with Crippen LogP contribution in [0.25, 0.3) is 10.1 Å². The van der Waals surface area contributed by atoms with Crippen molar-refractivity contribution in [2.45, 2.75) is 18.4 Å². The fourth-order valence-corrected chi connectivity index (χ4v) is 2.98. The molecule has 1 nitrogen and oxygen atoms in total. The molecule has 68 valence electrons. The highest BCUT2D eigenvalue weighted by Crippen LogP contribution is 2.32. The first kappa shape index (κ1) is 9.06. The highest BCUT2D eigenvalue weighted by Gasteiger charge is 2.06. The van der Waals surface area contributed by atoms with E-state index < -0.39 is 0 Å². The van der Waals surface area contributed by atoms with Crippen molar-refractivity contribution in [3.63, 3.8) is 0 Å². The van der Waals surface area contributed by atoms with Crippen LogP contribution in [0.15, 0.2) is 22.4 Å². The lowest BCUT2D eigenvalue weighted by Crippen LogP contribution is -1.85. The van der Waals surface area contributed by atoms with Crippen LogP contribution in [0.2, 0.25) is 0 Å². The Kier molecular flexibility index (Phi) is 2.32. The van der Waals surface area contributed by atoms with Gasteiger partial charge in [-0.3, -0.25) is 0 Å². The summed E-state index contributed by atoms with van der Waals surface area (Å²) in [6.45, 7) is 2.12. The summed E-state index contributed by atoms with van der Waals surface area (Å²) in [6.07, 6.45) is 0. The first-order valence-electron chi connectivity index (χ1n) is 4.03. The molecule has 1 aromatic carbocycles. The molecule has 0 bridgehead atoms. The van der Waals surface area contributed by atoms with E-state index in [-0.39, 0.29) is 6.61 Å². The highest BCUT2D eigenvalue weighted by molar-refractivity contribution is 7.80. The largest absolute Gasteiger partial charge is 0.392 e. The second-order valence-electron chi connectivity index (χ2n) is 3.08. The number of hydrogen-bond acceptors (Lipinski definition) is 3. The van der Waals surface area contributed by atoms with Gasteiger partial charge in [-0.1, -0.05) is 6.07 Å². The van der Waals surface area contributed by atoms with E-state index in [0.717, 1.165) is 15.8 Å². The summed E-state index contributed by atoms with van der Waals surface area (Å²) in [5, 5.41) is 12.3. The Bertz CT molecular complexity index is 445. The highest BCUT2D eigenvalue weighted by atomic mass is 32.1. The van der Waals surface area contributed by atoms with Crippen molar-refractivity contribution >= 4 is 34.1 Å². The number of thiophene rings is 1. The van der Waals surface area contributed by atoms with Gasteiger partial charge in [-0.15, -0.1) is 24.0 Å². The summed E-state index contributed by atoms with van der Waals surface area (Å²) in [5.41, 5.74) is 2.16. The molecule has 0 fully saturated rings. The molecule has 13 heavy (non-hydrogen) atoms. The number of aliphatic hydroxyl groups is 1. The van der Waals surface area contributed by atoms with E-state index in [1.165, 1.54) is 10.3 Å². The number of fused-ring (bicyclic) bond motifs is 1. The van der Waals surface area contributed by atoms with E-state index in [2.05, 4.69) is 18.7 Å². The van der Waals surface area contributed by atoms with Crippen LogP contribution in [0.4, 0.5) is 0 Å². The van der Waals surface area contributed by atoms with Gasteiger partial charge in [-0.05, 0) is 24.1 Å². The molecule has 0 amide bonds. The first-order valence-corrected chi connectivity index (χ1v) is 5.35. The number of thiol groups is 1. The van der Waals surface area contributed by atoms with E-state index in [1.807, 2.05) is 18.4 Å². The van der Waals surface area contributed by atoms with Gasteiger partial charge >= 0.3 is 0 Å². The molecule has 0 saturated carbocycles. The fourth-order valence-electron chi connectivity index (χ4n) is 1.51. The van der Waals surface area contributed by atoms with Crippen molar-refractivity contribution in [3.05, 3.63) is 28.6 Å². The van der Waals surface area contributed by atoms with Crippen molar-refractivity contribution in [2.24, 2.45) is 0 Å². The maximum absolute atomic E-state index is 9.17. The van der Waals surface area contributed by atoms with Crippen LogP contribution in [-0.4, -0.2) is 5.11 Å². The van der Waals surface area contributed by atoms with Crippen LogP contribution in [0, 0.1) is 6.92 Å². The van der Waals surface area contributed by atoms with Crippen LogP contribution >= 0.6 is 24.0 Å². The average molecular weight is 210 g/mol. The zero-order chi connectivity index (χ0) is 9.42. The van der Waals surface area contributed by atoms with Gasteiger partial charge in [0.05, 0.1) is 6.61 Å². The maximum atomic E-state index is 9.17. The SMILES string of the molecule is Cc1cc(CO)c2c(S)csc2c1. The second kappa shape index (κ2) is 3.33. The van der Waals surface area contributed by atoms with Crippen molar-refractivity contribution in [3.8, 4) is 0 Å². The number of aliphatic hydroxyl groups excluding tert-OH is 1. The number of benzene rings is 1. The van der Waals surface area contributed by atoms with Gasteiger partial charge in [0.15, 0.2) is 0 Å². The summed E-state index contributed by atoms with van der Waals surface area (Å²) >= 11 is 6.03. The summed E-state index contributed by atoms with van der Waals surface area (Å²) in [5.74, 6) is 0. The topological polar surface area (TPSA) is 20.2 Å². The third kappa shape index (κ3) is 1.47. The standard InChI is InChI=1S/C10H10OS2/c1-6-2-7(4-11)10-8(12)5-13-9(10)3-6/h2-3,5,11-12H,4H2,1H3. The van der Waals surface area contributed by atoms with Crippen LogP contribution in [0.3, 0.4) is 0 Å². The molecule has 0 atom stereocenters. The Morgan fingerprint density at radius 2 is 2.23 bits per heavy atom. The van der Waals surface area contributed by atoms with Gasteiger partial charge in [0.25, 0.3) is 0 Å². The van der Waals surface area contributed by atoms with Crippen LogP contribution in [0.1, 0.15) is 11.1 Å². The summed E-state index contributed by atoms with van der Waals surface area (Å²) in [6, 6.07) is 4.13. The van der Waals surface area contributed by atoms with Gasteiger partial charge in [0.1, 0.15) is 0 Å². The van der Waals surface area contributed by atoms with Crippen molar-refractivity contribution in [2.75, 3.05) is 0 Å². The second-order valence-corrected chi connectivity index (χ2v) is 4.47. The lowest BCUT2D eigenvalue weighted by Gasteiger charge is -2.02. The van der Waals surface area contributed by atoms with E-state index >= 15 is 0 Å². The summed E-state index contributed by atoms with van der Waals surface area (Å²) < 4.78 is 1.20. The first-order chi connectivity index (χ1) is 6.22. The third-order valence-corrected chi connectivity index (χ3v) is 3.51. The fraction of sp³-hybridized carbons (Fsp3) is 0.200. The molecule has 0 unspecified atom stereocenters. The molecule has 1 aromatic heterocycles. The van der Waals surface area contributed by atoms with Crippen LogP contribution in [-0.2, 0) is 6.61 Å². The van der Waals surface area contributed by atoms with Gasteiger partial charge < -0.3 is 5.11 Å². The average Bonchev–Trinajstić information content (AvgIpc) is 2.46. The van der Waals surface area contributed by atoms with Crippen molar-refractivity contribution < 1.29 is 5.11 Å². The van der Waals surface area contributed by atoms with Gasteiger partial charge in [0.2, 0.25) is 0 Å². The van der Waals surface area contributed by atoms with Crippen molar-refractivity contribution in [1.29, 1.82) is 0 Å². The van der Waals surface area contributed by atoms with E-state index in [4.69, 9.17) is 0 Å². The minimum atomic E-state index is 0.0858. The molecule has 0 aliphatic carbocycles. The lowest BCUT2D eigenvalue weighted by molar-refractivity contribution is 0.283. The Balaban J connectivity index is 2.85. The third-order valence-electron chi connectivity index (χ3n) is 2.05. The summed E-state index contributed by atoms with van der Waals surface area (Å²) in [7, 11) is 0. The molecule has 3 heteroatoms. The zero-order valence-electron chi connectivity index (χ0n) is 7.24. The van der Waals surface area contributed by atoms with Gasteiger partial charge in [0, 0.05) is 20.4 Å². The van der Waals surface area contributed by atoms with Gasteiger partial charge in [-0.2, -0.15) is 0 Å². The number of hydrogen-bond donors (Lipinski definition) is 2. The molecule has 0 saturated heterocycles. The minimum absolute atomic E-state index is 0.0858. The molecule has 1 N–H and O–H groups in total. The quantitative estimate of drug-likeness (QED) is 0.693. The van der Waals surface area contributed by atoms with E-state index in [9.17, 15) is 5.11 Å². The Morgan fingerprint density at radius 3 is 2.92 bits per heavy atom. The van der Waals surface area contributed by atoms with Gasteiger partial charge in [-0.25, -0.2) is 0 Å². The predicted molar refractivity (Wildman–Crippen MR) is 59.7 cm³/mol. The zero-order valence-corrected chi connectivity index (χ0v) is 8.95. The summed E-state index contributed by atoms with van der Waals surface area (Å²) in [4.78, 5) is 0.962. The van der Waals surface area contributed by atoms with Crippen LogP contribution < -0.4 is 0 Å². The maximum Gasteiger partial charge on any atom is 0.0688 e. The monoisotopic (exact) mass is 210 g/mol. The predicted octanol–water partition coefficient (Wildman–Crippen LogP) is 2.99. The Hall–Kier alpha value is -0.510. The molecule has 2 rings (SSSR count). The molecular weight excluding hydrogens is 200 g/mol. The molecule has 0 aliphatic heterocycles. The molecule has 1 heterocycles. The normalized spacial score (nSPS) is 11.0. The van der Waals surface area contributed by atoms with Crippen LogP contribution in [0.5, 0.6) is 0 Å². The molecule has 0 aliphatic rings. The molecule has 2 aromatic rings. The smallest absolute Gasteiger partial charge is 0.0688 e. The lowest BCUT2D eigenvalue weighted by atomic mass is 10.1. The molecule has 0 radical (unpaired) electrons.